The van der Waals surface area contributed by atoms with Gasteiger partial charge in [0.2, 0.25) is 0 Å². The third-order valence-electron chi connectivity index (χ3n) is 4.38. The third kappa shape index (κ3) is 2.53. The molecule has 1 aliphatic rings. The second-order valence-corrected chi connectivity index (χ2v) is 6.17. The maximum absolute atomic E-state index is 6.36. The van der Waals surface area contributed by atoms with Crippen LogP contribution in [0.4, 0.5) is 0 Å². The maximum atomic E-state index is 6.36. The molecule has 3 aromatic rings. The molecule has 0 spiro atoms. The van der Waals surface area contributed by atoms with Crippen LogP contribution in [0.15, 0.2) is 35.0 Å². The van der Waals surface area contributed by atoms with Crippen molar-refractivity contribution in [3.05, 3.63) is 41.9 Å². The van der Waals surface area contributed by atoms with Crippen LogP contribution in [-0.4, -0.2) is 25.1 Å². The molecule has 0 atom stereocenters. The molecular weight excluding hydrogens is 292 g/mol. The second-order valence-electron chi connectivity index (χ2n) is 6.17. The van der Waals surface area contributed by atoms with Gasteiger partial charge in [-0.15, -0.1) is 5.10 Å². The summed E-state index contributed by atoms with van der Waals surface area (Å²) in [4.78, 5) is 4.44. The van der Waals surface area contributed by atoms with E-state index in [9.17, 15) is 0 Å². The van der Waals surface area contributed by atoms with Crippen molar-refractivity contribution in [1.29, 1.82) is 0 Å². The second kappa shape index (κ2) is 5.27. The van der Waals surface area contributed by atoms with Gasteiger partial charge in [-0.3, -0.25) is 0 Å². The normalized spacial score (nSPS) is 16.8. The molecule has 1 saturated carbocycles. The highest BCUT2D eigenvalue weighted by molar-refractivity contribution is 5.46. The fraction of sp³-hybridized carbons (Fsp3) is 0.375. The Kier molecular flexibility index (Phi) is 3.23. The molecule has 0 amide bonds. The molecule has 0 radical (unpaired) electrons. The average Bonchev–Trinajstić information content (AvgIpc) is 3.28. The molecule has 0 unspecified atom stereocenters. The summed E-state index contributed by atoms with van der Waals surface area (Å²) in [5.41, 5.74) is 8.57. The topological polar surface area (TPSA) is 95.7 Å². The number of rotatable bonds is 3. The van der Waals surface area contributed by atoms with Crippen LogP contribution in [0, 0.1) is 6.92 Å². The Balaban J connectivity index is 1.62. The highest BCUT2D eigenvalue weighted by atomic mass is 16.5. The van der Waals surface area contributed by atoms with E-state index in [2.05, 4.69) is 20.5 Å². The maximum Gasteiger partial charge on any atom is 0.280 e. The minimum atomic E-state index is -0.464. The summed E-state index contributed by atoms with van der Waals surface area (Å²) in [6, 6.07) is 8.03. The predicted octanol–water partition coefficient (Wildman–Crippen LogP) is 2.35. The Labute approximate surface area is 133 Å². The van der Waals surface area contributed by atoms with Gasteiger partial charge in [0.25, 0.3) is 5.89 Å². The van der Waals surface area contributed by atoms with E-state index in [1.807, 2.05) is 31.2 Å². The first kappa shape index (κ1) is 14.1. The Morgan fingerprint density at radius 1 is 1.17 bits per heavy atom. The minimum Gasteiger partial charge on any atom is -0.332 e. The molecule has 2 heterocycles. The molecule has 1 fully saturated rings. The zero-order valence-electron chi connectivity index (χ0n) is 12.9. The lowest BCUT2D eigenvalue weighted by Crippen LogP contribution is -2.34. The van der Waals surface area contributed by atoms with Crippen LogP contribution in [-0.2, 0) is 5.54 Å². The molecular formula is C16H18N6O. The van der Waals surface area contributed by atoms with Crippen molar-refractivity contribution in [2.45, 2.75) is 38.1 Å². The van der Waals surface area contributed by atoms with Crippen molar-refractivity contribution < 1.29 is 4.52 Å². The fourth-order valence-corrected chi connectivity index (χ4v) is 2.94. The number of hydrogen-bond acceptors (Lipinski definition) is 6. The smallest absolute Gasteiger partial charge is 0.280 e. The van der Waals surface area contributed by atoms with Gasteiger partial charge in [-0.2, -0.15) is 4.98 Å². The van der Waals surface area contributed by atoms with E-state index in [0.717, 1.165) is 31.4 Å². The quantitative estimate of drug-likeness (QED) is 0.797. The Bertz CT molecular complexity index is 813. The third-order valence-corrected chi connectivity index (χ3v) is 4.38. The molecule has 1 aromatic carbocycles. The molecule has 23 heavy (non-hydrogen) atoms. The zero-order valence-corrected chi connectivity index (χ0v) is 12.9. The lowest BCUT2D eigenvalue weighted by molar-refractivity contribution is 0.372. The first-order valence-corrected chi connectivity index (χ1v) is 7.77. The van der Waals surface area contributed by atoms with Gasteiger partial charge < -0.3 is 10.3 Å². The van der Waals surface area contributed by atoms with E-state index in [1.54, 1.807) is 10.9 Å². The molecule has 0 saturated heterocycles. The van der Waals surface area contributed by atoms with Crippen molar-refractivity contribution in [2.75, 3.05) is 0 Å². The summed E-state index contributed by atoms with van der Waals surface area (Å²) in [6.07, 6.45) is 5.76. The first-order valence-electron chi connectivity index (χ1n) is 7.77. The van der Waals surface area contributed by atoms with E-state index in [-0.39, 0.29) is 0 Å². The molecule has 2 N–H and O–H groups in total. The number of aromatic nitrogens is 5. The lowest BCUT2D eigenvalue weighted by Gasteiger charge is -2.17. The highest BCUT2D eigenvalue weighted by Crippen LogP contribution is 2.35. The predicted molar refractivity (Wildman–Crippen MR) is 83.7 cm³/mol. The number of nitrogens with zero attached hydrogens (tertiary/aromatic N) is 5. The van der Waals surface area contributed by atoms with Crippen LogP contribution in [0.2, 0.25) is 0 Å². The average molecular weight is 310 g/mol. The number of benzene rings is 1. The van der Waals surface area contributed by atoms with E-state index < -0.39 is 5.54 Å². The molecule has 7 heteroatoms. The van der Waals surface area contributed by atoms with Crippen molar-refractivity contribution >= 4 is 0 Å². The Morgan fingerprint density at radius 3 is 2.65 bits per heavy atom. The van der Waals surface area contributed by atoms with Crippen LogP contribution in [0.5, 0.6) is 0 Å². The van der Waals surface area contributed by atoms with Gasteiger partial charge in [0.05, 0.1) is 17.4 Å². The number of nitrogens with two attached hydrogens (primary N) is 1. The van der Waals surface area contributed by atoms with Crippen molar-refractivity contribution in [3.63, 3.8) is 0 Å². The summed E-state index contributed by atoms with van der Waals surface area (Å²) in [5.74, 6) is 0.921. The van der Waals surface area contributed by atoms with Crippen LogP contribution in [0.3, 0.4) is 0 Å². The SMILES string of the molecule is Cc1ccc(-n2cc(-c3nc(C4(N)CCCC4)no3)nn2)cc1. The fourth-order valence-electron chi connectivity index (χ4n) is 2.94. The van der Waals surface area contributed by atoms with Gasteiger partial charge in [-0.05, 0) is 31.9 Å². The van der Waals surface area contributed by atoms with E-state index in [4.69, 9.17) is 10.3 Å². The highest BCUT2D eigenvalue weighted by Gasteiger charge is 2.36. The van der Waals surface area contributed by atoms with E-state index >= 15 is 0 Å². The van der Waals surface area contributed by atoms with Gasteiger partial charge in [0.1, 0.15) is 0 Å². The monoisotopic (exact) mass is 310 g/mol. The summed E-state index contributed by atoms with van der Waals surface area (Å²) in [7, 11) is 0. The molecule has 4 rings (SSSR count). The van der Waals surface area contributed by atoms with Gasteiger partial charge in [-0.25, -0.2) is 4.68 Å². The Morgan fingerprint density at radius 2 is 1.91 bits per heavy atom. The molecule has 118 valence electrons. The first-order chi connectivity index (χ1) is 11.1. The molecule has 7 nitrogen and oxygen atoms in total. The van der Waals surface area contributed by atoms with Crippen molar-refractivity contribution in [2.24, 2.45) is 5.73 Å². The number of hydrogen-bond donors (Lipinski definition) is 1. The van der Waals surface area contributed by atoms with E-state index in [1.165, 1.54) is 5.56 Å². The summed E-state index contributed by atoms with van der Waals surface area (Å²) >= 11 is 0. The molecule has 2 aromatic heterocycles. The van der Waals surface area contributed by atoms with Gasteiger partial charge in [0.15, 0.2) is 11.5 Å². The molecule has 0 bridgehead atoms. The van der Waals surface area contributed by atoms with Crippen LogP contribution in [0.1, 0.15) is 37.1 Å². The summed E-state index contributed by atoms with van der Waals surface area (Å²) < 4.78 is 7.03. The Hall–Kier alpha value is -2.54. The standard InChI is InChI=1S/C16H18N6O/c1-11-4-6-12(7-5-11)22-10-13(19-21-22)14-18-15(20-23-14)16(17)8-2-3-9-16/h4-7,10H,2-3,8-9,17H2,1H3. The largest absolute Gasteiger partial charge is 0.332 e. The molecule has 0 aliphatic heterocycles. The van der Waals surface area contributed by atoms with Gasteiger partial charge in [-0.1, -0.05) is 40.9 Å². The van der Waals surface area contributed by atoms with Crippen LogP contribution >= 0.6 is 0 Å². The van der Waals surface area contributed by atoms with Gasteiger partial charge >= 0.3 is 0 Å². The lowest BCUT2D eigenvalue weighted by atomic mass is 9.99. The van der Waals surface area contributed by atoms with E-state index in [0.29, 0.717) is 17.4 Å². The summed E-state index contributed by atoms with van der Waals surface area (Å²) in [6.45, 7) is 2.04. The zero-order chi connectivity index (χ0) is 15.9. The number of aryl methyl sites for hydroxylation is 1. The van der Waals surface area contributed by atoms with Crippen molar-refractivity contribution in [1.82, 2.24) is 25.1 Å². The van der Waals surface area contributed by atoms with Crippen LogP contribution in [0.25, 0.3) is 17.3 Å². The van der Waals surface area contributed by atoms with Crippen molar-refractivity contribution in [3.8, 4) is 17.3 Å². The minimum absolute atomic E-state index is 0.357. The summed E-state index contributed by atoms with van der Waals surface area (Å²) in [5, 5.41) is 12.3. The van der Waals surface area contributed by atoms with Gasteiger partial charge in [0, 0.05) is 0 Å². The van der Waals surface area contributed by atoms with Crippen LogP contribution < -0.4 is 5.73 Å². The molecule has 1 aliphatic carbocycles.